The fraction of sp³-hybridized carbons (Fsp3) is 0.200. The Hall–Kier alpha value is -3.76. The van der Waals surface area contributed by atoms with Crippen LogP contribution in [0.5, 0.6) is 5.75 Å². The zero-order valence-electron chi connectivity index (χ0n) is 19.0. The minimum atomic E-state index is -0.195. The highest BCUT2D eigenvalue weighted by atomic mass is 32.1. The molecule has 178 valence electrons. The zero-order chi connectivity index (χ0) is 24.2. The summed E-state index contributed by atoms with van der Waals surface area (Å²) in [6.45, 7) is 3.19. The summed E-state index contributed by atoms with van der Waals surface area (Å²) in [6.07, 6.45) is 2.17. The fourth-order valence-electron chi connectivity index (χ4n) is 3.68. The van der Waals surface area contributed by atoms with Crippen LogP contribution in [-0.2, 0) is 17.8 Å². The summed E-state index contributed by atoms with van der Waals surface area (Å²) < 4.78 is 8.84. The number of imidazole rings is 1. The van der Waals surface area contributed by atoms with Crippen LogP contribution < -0.4 is 15.6 Å². The second kappa shape index (κ2) is 10.2. The third-order valence-electron chi connectivity index (χ3n) is 5.37. The Morgan fingerprint density at radius 2 is 1.94 bits per heavy atom. The Morgan fingerprint density at radius 1 is 1.09 bits per heavy atom. The lowest BCUT2D eigenvalue weighted by Gasteiger charge is -2.08. The molecule has 0 aliphatic carbocycles. The Balaban J connectivity index is 1.21. The molecule has 0 spiro atoms. The maximum absolute atomic E-state index is 12.6. The standard InChI is InChI=1S/C25H23N5O3S2/c1-2-33-19-7-5-17(6-8-19)21-15-29-18(16-35-25(29)27-21)14-23(31)26-11-12-30-24(32)10-9-20(28-30)22-4-3-13-34-22/h3-10,13,15-16H,2,11-12,14H2,1H3,(H,26,31). The van der Waals surface area contributed by atoms with Crippen molar-refractivity contribution in [3.05, 3.63) is 81.5 Å². The van der Waals surface area contributed by atoms with Crippen LogP contribution in [0.15, 0.2) is 70.3 Å². The summed E-state index contributed by atoms with van der Waals surface area (Å²) in [7, 11) is 0. The molecular weight excluding hydrogens is 482 g/mol. The van der Waals surface area contributed by atoms with Crippen LogP contribution >= 0.6 is 22.7 Å². The molecule has 5 aromatic rings. The highest BCUT2D eigenvalue weighted by Crippen LogP contribution is 2.26. The number of hydrogen-bond acceptors (Lipinski definition) is 7. The Bertz CT molecular complexity index is 1500. The molecule has 4 aromatic heterocycles. The first-order valence-electron chi connectivity index (χ1n) is 11.2. The summed E-state index contributed by atoms with van der Waals surface area (Å²) >= 11 is 3.06. The summed E-state index contributed by atoms with van der Waals surface area (Å²) in [5.41, 5.74) is 3.25. The molecule has 0 aliphatic heterocycles. The number of nitrogens with zero attached hydrogens (tertiary/aromatic N) is 4. The van der Waals surface area contributed by atoms with Gasteiger partial charge in [0.15, 0.2) is 4.96 Å². The average Bonchev–Trinajstić information content (AvgIpc) is 3.60. The molecule has 0 fully saturated rings. The van der Waals surface area contributed by atoms with Gasteiger partial charge < -0.3 is 10.1 Å². The number of rotatable bonds is 9. The van der Waals surface area contributed by atoms with Gasteiger partial charge in [0.1, 0.15) is 11.4 Å². The van der Waals surface area contributed by atoms with Gasteiger partial charge in [-0.3, -0.25) is 14.0 Å². The van der Waals surface area contributed by atoms with Crippen LogP contribution in [0.2, 0.25) is 0 Å². The lowest BCUT2D eigenvalue weighted by Crippen LogP contribution is -2.32. The molecule has 0 bridgehead atoms. The van der Waals surface area contributed by atoms with E-state index in [1.165, 1.54) is 22.1 Å². The molecule has 0 saturated heterocycles. The predicted molar refractivity (Wildman–Crippen MR) is 138 cm³/mol. The predicted octanol–water partition coefficient (Wildman–Crippen LogP) is 4.11. The molecule has 0 aliphatic rings. The van der Waals surface area contributed by atoms with Crippen molar-refractivity contribution in [3.8, 4) is 27.6 Å². The molecule has 8 nitrogen and oxygen atoms in total. The number of ether oxygens (including phenoxy) is 1. The molecule has 0 unspecified atom stereocenters. The number of carbonyl (C=O) groups is 1. The number of thiazole rings is 1. The molecule has 1 amide bonds. The molecule has 35 heavy (non-hydrogen) atoms. The highest BCUT2D eigenvalue weighted by molar-refractivity contribution is 7.15. The van der Waals surface area contributed by atoms with Crippen LogP contribution in [0.3, 0.4) is 0 Å². The van der Waals surface area contributed by atoms with Crippen molar-refractivity contribution in [1.29, 1.82) is 0 Å². The number of thiophene rings is 1. The van der Waals surface area contributed by atoms with Crippen LogP contribution in [0.1, 0.15) is 12.6 Å². The zero-order valence-corrected chi connectivity index (χ0v) is 20.6. The van der Waals surface area contributed by atoms with E-state index in [0.717, 1.165) is 38.2 Å². The monoisotopic (exact) mass is 505 g/mol. The van der Waals surface area contributed by atoms with Crippen LogP contribution in [0.25, 0.3) is 26.8 Å². The van der Waals surface area contributed by atoms with E-state index < -0.39 is 0 Å². The van der Waals surface area contributed by atoms with E-state index in [4.69, 9.17) is 9.72 Å². The van der Waals surface area contributed by atoms with Gasteiger partial charge in [-0.1, -0.05) is 6.07 Å². The first-order valence-corrected chi connectivity index (χ1v) is 12.9. The van der Waals surface area contributed by atoms with Crippen LogP contribution in [0, 0.1) is 0 Å². The van der Waals surface area contributed by atoms with Crippen LogP contribution in [-0.4, -0.2) is 38.2 Å². The summed E-state index contributed by atoms with van der Waals surface area (Å²) in [4.78, 5) is 31.3. The number of benzene rings is 1. The van der Waals surface area contributed by atoms with E-state index in [1.807, 2.05) is 64.7 Å². The molecule has 5 rings (SSSR count). The quantitative estimate of drug-likeness (QED) is 0.326. The normalized spacial score (nSPS) is 11.1. The van der Waals surface area contributed by atoms with Gasteiger partial charge in [-0.05, 0) is 48.7 Å². The SMILES string of the molecule is CCOc1ccc(-c2cn3c(CC(=O)NCCn4nc(-c5cccs5)ccc4=O)csc3n2)cc1. The van der Waals surface area contributed by atoms with E-state index >= 15 is 0 Å². The first kappa shape index (κ1) is 23.0. The second-order valence-corrected chi connectivity index (χ2v) is 9.53. The fourth-order valence-corrected chi connectivity index (χ4v) is 5.24. The third kappa shape index (κ3) is 5.18. The van der Waals surface area contributed by atoms with Crippen LogP contribution in [0.4, 0.5) is 0 Å². The van der Waals surface area contributed by atoms with Crippen molar-refractivity contribution in [2.45, 2.75) is 19.9 Å². The van der Waals surface area contributed by atoms with Gasteiger partial charge in [0.05, 0.1) is 30.1 Å². The van der Waals surface area contributed by atoms with Gasteiger partial charge in [0, 0.05) is 35.4 Å². The van der Waals surface area contributed by atoms with Gasteiger partial charge >= 0.3 is 0 Å². The lowest BCUT2D eigenvalue weighted by atomic mass is 10.1. The van der Waals surface area contributed by atoms with Gasteiger partial charge in [-0.25, -0.2) is 9.67 Å². The van der Waals surface area contributed by atoms with Gasteiger partial charge in [-0.2, -0.15) is 5.10 Å². The number of aromatic nitrogens is 4. The molecule has 0 radical (unpaired) electrons. The minimum Gasteiger partial charge on any atom is -0.494 e. The molecule has 1 N–H and O–H groups in total. The molecule has 1 aromatic carbocycles. The Kier molecular flexibility index (Phi) is 6.73. The van der Waals surface area contributed by atoms with E-state index in [-0.39, 0.29) is 17.9 Å². The molecule has 10 heteroatoms. The van der Waals surface area contributed by atoms with Crippen molar-refractivity contribution in [2.75, 3.05) is 13.2 Å². The lowest BCUT2D eigenvalue weighted by molar-refractivity contribution is -0.120. The molecule has 4 heterocycles. The number of fused-ring (bicyclic) bond motifs is 1. The number of nitrogens with one attached hydrogen (secondary N) is 1. The second-order valence-electron chi connectivity index (χ2n) is 7.75. The van der Waals surface area contributed by atoms with Crippen molar-refractivity contribution >= 4 is 33.5 Å². The molecular formula is C25H23N5O3S2. The number of carbonyl (C=O) groups excluding carboxylic acids is 1. The summed E-state index contributed by atoms with van der Waals surface area (Å²) in [5, 5.41) is 11.2. The maximum Gasteiger partial charge on any atom is 0.266 e. The van der Waals surface area contributed by atoms with Gasteiger partial charge in [0.2, 0.25) is 5.91 Å². The smallest absolute Gasteiger partial charge is 0.266 e. The Labute approximate surface area is 209 Å². The topological polar surface area (TPSA) is 90.5 Å². The summed E-state index contributed by atoms with van der Waals surface area (Å²) in [6, 6.07) is 14.9. The van der Waals surface area contributed by atoms with Crippen molar-refractivity contribution in [2.24, 2.45) is 0 Å². The number of hydrogen-bond donors (Lipinski definition) is 1. The summed E-state index contributed by atoms with van der Waals surface area (Å²) in [5.74, 6) is 0.703. The van der Waals surface area contributed by atoms with E-state index in [9.17, 15) is 9.59 Å². The first-order chi connectivity index (χ1) is 17.1. The van der Waals surface area contributed by atoms with Gasteiger partial charge in [0.25, 0.3) is 5.56 Å². The Morgan fingerprint density at radius 3 is 2.71 bits per heavy atom. The van der Waals surface area contributed by atoms with Crippen molar-refractivity contribution in [1.82, 2.24) is 24.5 Å². The minimum absolute atomic E-state index is 0.122. The molecule has 0 atom stereocenters. The number of amides is 1. The maximum atomic E-state index is 12.6. The van der Waals surface area contributed by atoms with Crippen molar-refractivity contribution in [3.63, 3.8) is 0 Å². The third-order valence-corrected chi connectivity index (χ3v) is 7.15. The molecule has 0 saturated carbocycles. The van der Waals surface area contributed by atoms with E-state index in [0.29, 0.717) is 19.7 Å². The van der Waals surface area contributed by atoms with Gasteiger partial charge in [-0.15, -0.1) is 22.7 Å². The van der Waals surface area contributed by atoms with E-state index in [2.05, 4.69) is 10.4 Å². The van der Waals surface area contributed by atoms with Crippen molar-refractivity contribution < 1.29 is 9.53 Å². The largest absolute Gasteiger partial charge is 0.494 e. The average molecular weight is 506 g/mol. The highest BCUT2D eigenvalue weighted by Gasteiger charge is 2.13. The van der Waals surface area contributed by atoms with E-state index in [1.54, 1.807) is 17.4 Å².